The SMILES string of the molecule is O=C(CCC1CCNC1)NCc1ccc(COc2ccccc2)cc1. The fourth-order valence-electron chi connectivity index (χ4n) is 3.02. The van der Waals surface area contributed by atoms with E-state index in [1.54, 1.807) is 0 Å². The standard InChI is InChI=1S/C21H26N2O2/c24-21(11-10-18-12-13-22-14-18)23-15-17-6-8-19(9-7-17)16-25-20-4-2-1-3-5-20/h1-9,18,22H,10-16H2,(H,23,24). The maximum absolute atomic E-state index is 11.9. The summed E-state index contributed by atoms with van der Waals surface area (Å²) < 4.78 is 5.74. The van der Waals surface area contributed by atoms with Crippen LogP contribution in [0.3, 0.4) is 0 Å². The summed E-state index contributed by atoms with van der Waals surface area (Å²) in [5.74, 6) is 1.68. The average molecular weight is 338 g/mol. The second kappa shape index (κ2) is 9.23. The second-order valence-corrected chi connectivity index (χ2v) is 6.59. The van der Waals surface area contributed by atoms with Crippen LogP contribution < -0.4 is 15.4 Å². The Morgan fingerprint density at radius 3 is 2.56 bits per heavy atom. The molecule has 25 heavy (non-hydrogen) atoms. The lowest BCUT2D eigenvalue weighted by Crippen LogP contribution is -2.23. The number of amides is 1. The van der Waals surface area contributed by atoms with Crippen molar-refractivity contribution in [2.45, 2.75) is 32.4 Å². The first kappa shape index (κ1) is 17.5. The molecule has 4 nitrogen and oxygen atoms in total. The van der Waals surface area contributed by atoms with E-state index in [4.69, 9.17) is 4.74 Å². The number of benzene rings is 2. The molecule has 4 heteroatoms. The van der Waals surface area contributed by atoms with Gasteiger partial charge in [-0.1, -0.05) is 42.5 Å². The summed E-state index contributed by atoms with van der Waals surface area (Å²) in [6, 6.07) is 18.0. The maximum atomic E-state index is 11.9. The minimum atomic E-state index is 0.142. The van der Waals surface area contributed by atoms with Gasteiger partial charge in [0.15, 0.2) is 0 Å². The van der Waals surface area contributed by atoms with Crippen molar-refractivity contribution in [3.8, 4) is 5.75 Å². The summed E-state index contributed by atoms with van der Waals surface area (Å²) in [4.78, 5) is 11.9. The zero-order valence-corrected chi connectivity index (χ0v) is 14.5. The molecule has 0 spiro atoms. The summed E-state index contributed by atoms with van der Waals surface area (Å²) in [7, 11) is 0. The van der Waals surface area contributed by atoms with E-state index >= 15 is 0 Å². The highest BCUT2D eigenvalue weighted by Gasteiger charge is 2.15. The molecule has 1 heterocycles. The Morgan fingerprint density at radius 2 is 1.84 bits per heavy atom. The number of ether oxygens (including phenoxy) is 1. The first-order valence-corrected chi connectivity index (χ1v) is 9.03. The van der Waals surface area contributed by atoms with Crippen molar-refractivity contribution in [2.75, 3.05) is 13.1 Å². The molecule has 0 radical (unpaired) electrons. The Morgan fingerprint density at radius 1 is 1.08 bits per heavy atom. The van der Waals surface area contributed by atoms with E-state index in [-0.39, 0.29) is 5.91 Å². The van der Waals surface area contributed by atoms with E-state index in [1.165, 1.54) is 6.42 Å². The Kier molecular flexibility index (Phi) is 6.46. The highest BCUT2D eigenvalue weighted by molar-refractivity contribution is 5.75. The number of rotatable bonds is 8. The van der Waals surface area contributed by atoms with E-state index < -0.39 is 0 Å². The molecule has 1 amide bonds. The normalized spacial score (nSPS) is 16.6. The van der Waals surface area contributed by atoms with Crippen molar-refractivity contribution in [3.05, 3.63) is 65.7 Å². The third-order valence-corrected chi connectivity index (χ3v) is 4.60. The zero-order valence-electron chi connectivity index (χ0n) is 14.5. The Balaban J connectivity index is 1.37. The van der Waals surface area contributed by atoms with Crippen LogP contribution in [0.2, 0.25) is 0 Å². The molecule has 1 fully saturated rings. The topological polar surface area (TPSA) is 50.4 Å². The minimum absolute atomic E-state index is 0.142. The van der Waals surface area contributed by atoms with Crippen LogP contribution >= 0.6 is 0 Å². The quantitative estimate of drug-likeness (QED) is 0.777. The van der Waals surface area contributed by atoms with Gasteiger partial charge in [0, 0.05) is 13.0 Å². The fourth-order valence-corrected chi connectivity index (χ4v) is 3.02. The molecule has 2 aromatic carbocycles. The molecule has 0 aliphatic carbocycles. The van der Waals surface area contributed by atoms with Crippen LogP contribution in [0.1, 0.15) is 30.4 Å². The van der Waals surface area contributed by atoms with Gasteiger partial charge in [-0.25, -0.2) is 0 Å². The molecule has 2 N–H and O–H groups in total. The Hall–Kier alpha value is -2.33. The molecule has 1 unspecified atom stereocenters. The molecular weight excluding hydrogens is 312 g/mol. The molecule has 0 saturated carbocycles. The number of hydrogen-bond acceptors (Lipinski definition) is 3. The van der Waals surface area contributed by atoms with E-state index in [0.717, 1.165) is 36.4 Å². The van der Waals surface area contributed by atoms with Crippen molar-refractivity contribution in [3.63, 3.8) is 0 Å². The smallest absolute Gasteiger partial charge is 0.220 e. The van der Waals surface area contributed by atoms with Gasteiger partial charge in [0.05, 0.1) is 0 Å². The van der Waals surface area contributed by atoms with Gasteiger partial charge < -0.3 is 15.4 Å². The van der Waals surface area contributed by atoms with Crippen molar-refractivity contribution in [2.24, 2.45) is 5.92 Å². The van der Waals surface area contributed by atoms with E-state index in [2.05, 4.69) is 22.8 Å². The van der Waals surface area contributed by atoms with Crippen molar-refractivity contribution in [1.29, 1.82) is 0 Å². The molecule has 1 aliphatic heterocycles. The molecule has 2 aromatic rings. The largest absolute Gasteiger partial charge is 0.489 e. The monoisotopic (exact) mass is 338 g/mol. The third kappa shape index (κ3) is 5.91. The van der Waals surface area contributed by atoms with Crippen molar-refractivity contribution < 1.29 is 9.53 Å². The van der Waals surface area contributed by atoms with Gasteiger partial charge in [-0.3, -0.25) is 4.79 Å². The second-order valence-electron chi connectivity index (χ2n) is 6.59. The molecule has 132 valence electrons. The molecule has 1 atom stereocenters. The number of nitrogens with one attached hydrogen (secondary N) is 2. The summed E-state index contributed by atoms with van der Waals surface area (Å²) in [6.45, 7) is 3.28. The molecular formula is C21H26N2O2. The van der Waals surface area contributed by atoms with Crippen LogP contribution in [-0.2, 0) is 17.9 Å². The van der Waals surface area contributed by atoms with Gasteiger partial charge in [-0.15, -0.1) is 0 Å². The van der Waals surface area contributed by atoms with Gasteiger partial charge >= 0.3 is 0 Å². The third-order valence-electron chi connectivity index (χ3n) is 4.60. The maximum Gasteiger partial charge on any atom is 0.220 e. The molecule has 0 aromatic heterocycles. The highest BCUT2D eigenvalue weighted by atomic mass is 16.5. The van der Waals surface area contributed by atoms with Crippen LogP contribution in [0.5, 0.6) is 5.75 Å². The van der Waals surface area contributed by atoms with Crippen LogP contribution in [0, 0.1) is 5.92 Å². The number of carbonyl (C=O) groups is 1. The lowest BCUT2D eigenvalue weighted by Gasteiger charge is -2.10. The van der Waals surface area contributed by atoms with Crippen LogP contribution in [-0.4, -0.2) is 19.0 Å². The number of hydrogen-bond donors (Lipinski definition) is 2. The van der Waals surface area contributed by atoms with Crippen LogP contribution in [0.25, 0.3) is 0 Å². The van der Waals surface area contributed by atoms with Gasteiger partial charge in [0.25, 0.3) is 0 Å². The molecule has 0 bridgehead atoms. The predicted molar refractivity (Wildman–Crippen MR) is 99.3 cm³/mol. The summed E-state index contributed by atoms with van der Waals surface area (Å²) in [5, 5.41) is 6.35. The average Bonchev–Trinajstić information content (AvgIpc) is 3.18. The summed E-state index contributed by atoms with van der Waals surface area (Å²) >= 11 is 0. The molecule has 1 saturated heterocycles. The molecule has 1 aliphatic rings. The van der Waals surface area contributed by atoms with Crippen molar-refractivity contribution in [1.82, 2.24) is 10.6 Å². The fraction of sp³-hybridized carbons (Fsp3) is 0.381. The van der Waals surface area contributed by atoms with Gasteiger partial charge in [-0.2, -0.15) is 0 Å². The van der Waals surface area contributed by atoms with E-state index in [9.17, 15) is 4.79 Å². The van der Waals surface area contributed by atoms with E-state index in [0.29, 0.717) is 25.5 Å². The summed E-state index contributed by atoms with van der Waals surface area (Å²) in [5.41, 5.74) is 2.23. The van der Waals surface area contributed by atoms with Crippen LogP contribution in [0.4, 0.5) is 0 Å². The van der Waals surface area contributed by atoms with Gasteiger partial charge in [0.2, 0.25) is 5.91 Å². The number of carbonyl (C=O) groups excluding carboxylic acids is 1. The Labute approximate surface area is 149 Å². The first-order valence-electron chi connectivity index (χ1n) is 9.03. The van der Waals surface area contributed by atoms with Crippen LogP contribution in [0.15, 0.2) is 54.6 Å². The van der Waals surface area contributed by atoms with Gasteiger partial charge in [0.1, 0.15) is 12.4 Å². The minimum Gasteiger partial charge on any atom is -0.489 e. The van der Waals surface area contributed by atoms with Gasteiger partial charge in [-0.05, 0) is 55.1 Å². The highest BCUT2D eigenvalue weighted by Crippen LogP contribution is 2.14. The Bertz CT molecular complexity index is 649. The zero-order chi connectivity index (χ0) is 17.3. The first-order chi connectivity index (χ1) is 12.3. The number of para-hydroxylation sites is 1. The lowest BCUT2D eigenvalue weighted by atomic mass is 10.0. The van der Waals surface area contributed by atoms with Crippen molar-refractivity contribution >= 4 is 5.91 Å². The molecule has 3 rings (SSSR count). The summed E-state index contributed by atoms with van der Waals surface area (Å²) in [6.07, 6.45) is 2.80. The predicted octanol–water partition coefficient (Wildman–Crippen LogP) is 3.27. The van der Waals surface area contributed by atoms with E-state index in [1.807, 2.05) is 42.5 Å². The lowest BCUT2D eigenvalue weighted by molar-refractivity contribution is -0.121.